The van der Waals surface area contributed by atoms with Crippen molar-refractivity contribution in [2.75, 3.05) is 6.54 Å². The molecule has 0 amide bonds. The van der Waals surface area contributed by atoms with Gasteiger partial charge in [0.2, 0.25) is 0 Å². The minimum atomic E-state index is 0.0182. The minimum Gasteiger partial charge on any atom is -0.389 e. The van der Waals surface area contributed by atoms with Crippen molar-refractivity contribution in [1.29, 1.82) is 10.7 Å². The summed E-state index contributed by atoms with van der Waals surface area (Å²) in [5.41, 5.74) is 10.1. The lowest BCUT2D eigenvalue weighted by molar-refractivity contribution is 0.588. The van der Waals surface area contributed by atoms with E-state index in [4.69, 9.17) is 28.0 Å². The van der Waals surface area contributed by atoms with Crippen molar-refractivity contribution in [3.8, 4) is 6.07 Å². The largest absolute Gasteiger partial charge is 0.389 e. The first-order valence-electron chi connectivity index (χ1n) is 9.46. The Bertz CT molecular complexity index is 1090. The number of rotatable bonds is 8. The average molecular weight is 406 g/mol. The maximum absolute atomic E-state index is 8.91. The van der Waals surface area contributed by atoms with Crippen molar-refractivity contribution >= 4 is 28.2 Å². The number of fused-ring (bicyclic) bond motifs is 1. The molecule has 0 spiro atoms. The number of nitrogens with zero attached hydrogens (tertiary/aromatic N) is 2. The van der Waals surface area contributed by atoms with Crippen LogP contribution < -0.4 is 11.1 Å². The van der Waals surface area contributed by atoms with E-state index in [2.05, 4.69) is 40.3 Å². The standard InChI is InChI=1S/C23H24ClN5/c1-29-11-9-18-12-16(3-7-23(18)29)2-6-20(26)15-28-10-8-22(27)17-4-5-19(14-25)21(24)13-17/h3-5,7-13,20,27-28H,2,6,15,26H2,1H3/b10-8-,27-22?/t20-/m1/s1. The highest BCUT2D eigenvalue weighted by Crippen LogP contribution is 2.18. The van der Waals surface area contributed by atoms with Crippen LogP contribution in [0, 0.1) is 16.7 Å². The molecule has 0 bridgehead atoms. The smallest absolute Gasteiger partial charge is 0.101 e. The Morgan fingerprint density at radius 3 is 2.90 bits per heavy atom. The van der Waals surface area contributed by atoms with Crippen molar-refractivity contribution in [2.24, 2.45) is 12.8 Å². The monoisotopic (exact) mass is 405 g/mol. The van der Waals surface area contributed by atoms with Gasteiger partial charge in [-0.2, -0.15) is 5.26 Å². The summed E-state index contributed by atoms with van der Waals surface area (Å²) in [5, 5.41) is 21.8. The summed E-state index contributed by atoms with van der Waals surface area (Å²) >= 11 is 6.02. The highest BCUT2D eigenvalue weighted by molar-refractivity contribution is 6.32. The Morgan fingerprint density at radius 2 is 2.14 bits per heavy atom. The fourth-order valence-corrected chi connectivity index (χ4v) is 3.39. The molecule has 5 nitrogen and oxygen atoms in total. The number of nitrogens with one attached hydrogen (secondary N) is 2. The number of nitrogens with two attached hydrogens (primary N) is 1. The summed E-state index contributed by atoms with van der Waals surface area (Å²) in [5.74, 6) is 0. The summed E-state index contributed by atoms with van der Waals surface area (Å²) in [4.78, 5) is 0. The molecule has 0 aliphatic rings. The van der Waals surface area contributed by atoms with Crippen LogP contribution in [0.3, 0.4) is 0 Å². The number of halogens is 1. The number of nitriles is 1. The second-order valence-corrected chi connectivity index (χ2v) is 7.49. The molecule has 1 aromatic heterocycles. The molecule has 0 fully saturated rings. The van der Waals surface area contributed by atoms with Crippen molar-refractivity contribution in [3.05, 3.63) is 82.7 Å². The zero-order valence-corrected chi connectivity index (χ0v) is 17.1. The van der Waals surface area contributed by atoms with Crippen LogP contribution in [0.4, 0.5) is 0 Å². The number of benzene rings is 2. The second-order valence-electron chi connectivity index (χ2n) is 7.08. The molecule has 0 saturated heterocycles. The Hall–Kier alpha value is -3.07. The highest BCUT2D eigenvalue weighted by Gasteiger charge is 2.05. The number of aryl methyl sites for hydroxylation is 2. The van der Waals surface area contributed by atoms with Gasteiger partial charge < -0.3 is 21.0 Å². The summed E-state index contributed by atoms with van der Waals surface area (Å²) in [6, 6.07) is 15.7. The fraction of sp³-hybridized carbons (Fsp3) is 0.217. The molecule has 0 aliphatic heterocycles. The average Bonchev–Trinajstić information content (AvgIpc) is 3.09. The summed E-state index contributed by atoms with van der Waals surface area (Å²) < 4.78 is 2.12. The van der Waals surface area contributed by atoms with Crippen LogP contribution in [0.2, 0.25) is 5.02 Å². The van der Waals surface area contributed by atoms with Crippen molar-refractivity contribution in [1.82, 2.24) is 9.88 Å². The molecule has 3 rings (SSSR count). The molecule has 0 unspecified atom stereocenters. The van der Waals surface area contributed by atoms with E-state index in [1.165, 1.54) is 16.5 Å². The van der Waals surface area contributed by atoms with E-state index < -0.39 is 0 Å². The maximum Gasteiger partial charge on any atom is 0.101 e. The fourth-order valence-electron chi connectivity index (χ4n) is 3.17. The van der Waals surface area contributed by atoms with Gasteiger partial charge in [0.15, 0.2) is 0 Å². The van der Waals surface area contributed by atoms with Gasteiger partial charge in [0.25, 0.3) is 0 Å². The van der Waals surface area contributed by atoms with Gasteiger partial charge in [0.1, 0.15) is 6.07 Å². The van der Waals surface area contributed by atoms with E-state index in [9.17, 15) is 0 Å². The Kier molecular flexibility index (Phi) is 6.71. The topological polar surface area (TPSA) is 90.6 Å². The molecule has 0 radical (unpaired) electrons. The van der Waals surface area contributed by atoms with Gasteiger partial charge in [-0.1, -0.05) is 23.7 Å². The van der Waals surface area contributed by atoms with E-state index in [0.717, 1.165) is 12.8 Å². The predicted molar refractivity (Wildman–Crippen MR) is 119 cm³/mol. The zero-order chi connectivity index (χ0) is 20.8. The number of aromatic nitrogens is 1. The van der Waals surface area contributed by atoms with E-state index in [-0.39, 0.29) is 6.04 Å². The van der Waals surface area contributed by atoms with Gasteiger partial charge in [0, 0.05) is 36.9 Å². The van der Waals surface area contributed by atoms with Crippen molar-refractivity contribution < 1.29 is 0 Å². The van der Waals surface area contributed by atoms with Gasteiger partial charge in [0.05, 0.1) is 16.3 Å². The SMILES string of the molecule is Cn1ccc2cc(CC[C@@H](N)CN/C=C\C(=N)c3ccc(C#N)c(Cl)c3)ccc21. The highest BCUT2D eigenvalue weighted by atomic mass is 35.5. The molecule has 6 heteroatoms. The van der Waals surface area contributed by atoms with Crippen molar-refractivity contribution in [2.45, 2.75) is 18.9 Å². The summed E-state index contributed by atoms with van der Waals surface area (Å²) in [6.07, 6.45) is 7.26. The first-order chi connectivity index (χ1) is 14.0. The van der Waals surface area contributed by atoms with Gasteiger partial charge in [-0.25, -0.2) is 0 Å². The molecule has 2 aromatic carbocycles. The summed E-state index contributed by atoms with van der Waals surface area (Å²) in [6.45, 7) is 0.630. The van der Waals surface area contributed by atoms with Crippen LogP contribution in [0.15, 0.2) is 60.9 Å². The lowest BCUT2D eigenvalue weighted by atomic mass is 10.0. The normalized spacial score (nSPS) is 12.2. The van der Waals surface area contributed by atoms with E-state index in [0.29, 0.717) is 28.4 Å². The van der Waals surface area contributed by atoms with Crippen molar-refractivity contribution in [3.63, 3.8) is 0 Å². The third-order valence-electron chi connectivity index (χ3n) is 4.90. The minimum absolute atomic E-state index is 0.0182. The molecule has 0 aliphatic carbocycles. The zero-order valence-electron chi connectivity index (χ0n) is 16.3. The van der Waals surface area contributed by atoms with Crippen LogP contribution in [0.1, 0.15) is 23.1 Å². The Labute approximate surface area is 175 Å². The third kappa shape index (κ3) is 5.26. The molecular formula is C23H24ClN5. The van der Waals surface area contributed by atoms with Gasteiger partial charge in [-0.3, -0.25) is 0 Å². The van der Waals surface area contributed by atoms with Crippen LogP contribution in [0.5, 0.6) is 0 Å². The lowest BCUT2D eigenvalue weighted by Gasteiger charge is -2.12. The number of hydrogen-bond donors (Lipinski definition) is 3. The van der Waals surface area contributed by atoms with E-state index in [1.807, 2.05) is 13.1 Å². The third-order valence-corrected chi connectivity index (χ3v) is 5.21. The maximum atomic E-state index is 8.91. The molecule has 4 N–H and O–H groups in total. The molecule has 3 aromatic rings. The number of hydrogen-bond acceptors (Lipinski definition) is 4. The van der Waals surface area contributed by atoms with Gasteiger partial charge in [-0.15, -0.1) is 0 Å². The lowest BCUT2D eigenvalue weighted by Crippen LogP contribution is -2.31. The predicted octanol–water partition coefficient (Wildman–Crippen LogP) is 4.13. The van der Waals surface area contributed by atoms with E-state index in [1.54, 1.807) is 30.5 Å². The van der Waals surface area contributed by atoms with Gasteiger partial charge in [-0.05, 0) is 66.4 Å². The van der Waals surface area contributed by atoms with Crippen LogP contribution in [-0.4, -0.2) is 22.9 Å². The summed E-state index contributed by atoms with van der Waals surface area (Å²) in [7, 11) is 2.05. The molecule has 1 heterocycles. The Balaban J connectivity index is 1.45. The van der Waals surface area contributed by atoms with Crippen LogP contribution in [-0.2, 0) is 13.5 Å². The quantitative estimate of drug-likeness (QED) is 0.492. The number of allylic oxidation sites excluding steroid dienone is 1. The first-order valence-corrected chi connectivity index (χ1v) is 9.84. The molecular weight excluding hydrogens is 382 g/mol. The second kappa shape index (κ2) is 9.42. The molecule has 29 heavy (non-hydrogen) atoms. The first kappa shape index (κ1) is 20.7. The van der Waals surface area contributed by atoms with Gasteiger partial charge >= 0.3 is 0 Å². The van der Waals surface area contributed by atoms with E-state index >= 15 is 0 Å². The Morgan fingerprint density at radius 1 is 1.31 bits per heavy atom. The molecule has 148 valence electrons. The van der Waals surface area contributed by atoms with Crippen LogP contribution in [0.25, 0.3) is 10.9 Å². The molecule has 1 atom stereocenters. The van der Waals surface area contributed by atoms with Crippen LogP contribution >= 0.6 is 11.6 Å². The molecule has 0 saturated carbocycles.